The number of amides is 1. The third kappa shape index (κ3) is 1.82. The molecule has 0 saturated carbocycles. The zero-order valence-corrected chi connectivity index (χ0v) is 11.5. The quantitative estimate of drug-likeness (QED) is 0.828. The van der Waals surface area contributed by atoms with Gasteiger partial charge in [0.15, 0.2) is 0 Å². The Bertz CT molecular complexity index is 597. The maximum Gasteiger partial charge on any atom is 0.222 e. The second kappa shape index (κ2) is 4.68. The fraction of sp³-hybridized carbons (Fsp3) is 0.467. The molecule has 0 fully saturated rings. The van der Waals surface area contributed by atoms with Gasteiger partial charge >= 0.3 is 0 Å². The summed E-state index contributed by atoms with van der Waals surface area (Å²) in [5.41, 5.74) is 3.70. The summed E-state index contributed by atoms with van der Waals surface area (Å²) in [6.07, 6.45) is 3.37. The van der Waals surface area contributed by atoms with Crippen molar-refractivity contribution >= 4 is 16.9 Å². The molecule has 4 heteroatoms. The molecule has 1 aliphatic heterocycles. The lowest BCUT2D eigenvalue weighted by Crippen LogP contribution is -2.36. The Kier molecular flexibility index (Phi) is 3.01. The summed E-state index contributed by atoms with van der Waals surface area (Å²) in [7, 11) is 0. The average Bonchev–Trinajstić information content (AvgIpc) is 2.79. The number of aromatic nitrogens is 2. The van der Waals surface area contributed by atoms with Crippen LogP contribution >= 0.6 is 0 Å². The molecule has 4 nitrogen and oxygen atoms in total. The van der Waals surface area contributed by atoms with E-state index in [0.717, 1.165) is 31.7 Å². The highest BCUT2D eigenvalue weighted by atomic mass is 16.2. The number of carbonyl (C=O) groups excluding carboxylic acids is 1. The Morgan fingerprint density at radius 2 is 2.26 bits per heavy atom. The van der Waals surface area contributed by atoms with E-state index in [9.17, 15) is 4.79 Å². The SMILES string of the molecule is CCC(=O)N1CCc2c(n(CC)c3ncccc23)C1. The first-order valence-electron chi connectivity index (χ1n) is 6.99. The minimum Gasteiger partial charge on any atom is -0.337 e. The largest absolute Gasteiger partial charge is 0.337 e. The molecule has 2 aromatic heterocycles. The average molecular weight is 257 g/mol. The minimum atomic E-state index is 0.242. The van der Waals surface area contributed by atoms with Crippen molar-refractivity contribution in [2.24, 2.45) is 0 Å². The van der Waals surface area contributed by atoms with Crippen molar-refractivity contribution < 1.29 is 4.79 Å². The van der Waals surface area contributed by atoms with E-state index < -0.39 is 0 Å². The van der Waals surface area contributed by atoms with Crippen molar-refractivity contribution in [3.05, 3.63) is 29.6 Å². The fourth-order valence-electron chi connectivity index (χ4n) is 3.04. The maximum absolute atomic E-state index is 11.9. The Hall–Kier alpha value is -1.84. The molecule has 0 spiro atoms. The monoisotopic (exact) mass is 257 g/mol. The molecule has 0 aliphatic carbocycles. The van der Waals surface area contributed by atoms with Crippen molar-refractivity contribution in [3.8, 4) is 0 Å². The van der Waals surface area contributed by atoms with Crippen LogP contribution < -0.4 is 0 Å². The van der Waals surface area contributed by atoms with Crippen LogP contribution in [0.4, 0.5) is 0 Å². The van der Waals surface area contributed by atoms with Crippen LogP contribution in [-0.4, -0.2) is 26.9 Å². The second-order valence-corrected chi connectivity index (χ2v) is 4.96. The highest BCUT2D eigenvalue weighted by molar-refractivity contribution is 5.83. The van der Waals surface area contributed by atoms with Gasteiger partial charge < -0.3 is 9.47 Å². The Morgan fingerprint density at radius 3 is 3.00 bits per heavy atom. The molecule has 3 heterocycles. The molecule has 0 atom stereocenters. The van der Waals surface area contributed by atoms with E-state index in [1.54, 1.807) is 0 Å². The Labute approximate surface area is 113 Å². The van der Waals surface area contributed by atoms with Crippen LogP contribution in [0.25, 0.3) is 11.0 Å². The predicted molar refractivity (Wildman–Crippen MR) is 74.8 cm³/mol. The molecule has 3 rings (SSSR count). The molecule has 2 aromatic rings. The number of hydrogen-bond donors (Lipinski definition) is 0. The van der Waals surface area contributed by atoms with Gasteiger partial charge in [0, 0.05) is 36.8 Å². The van der Waals surface area contributed by atoms with Gasteiger partial charge in [-0.2, -0.15) is 0 Å². The van der Waals surface area contributed by atoms with E-state index in [4.69, 9.17) is 0 Å². The molecule has 100 valence electrons. The molecule has 0 N–H and O–H groups in total. The predicted octanol–water partition coefficient (Wildman–Crippen LogP) is 2.35. The number of nitrogens with zero attached hydrogens (tertiary/aromatic N) is 3. The molecule has 0 saturated heterocycles. The van der Waals surface area contributed by atoms with Crippen LogP contribution in [0, 0.1) is 0 Å². The standard InChI is InChI=1S/C15H19N3O/c1-3-14(19)17-9-7-11-12-6-5-8-16-15(12)18(4-2)13(11)10-17/h5-6,8H,3-4,7,9-10H2,1-2H3. The van der Waals surface area contributed by atoms with Crippen molar-refractivity contribution in [1.29, 1.82) is 0 Å². The zero-order valence-electron chi connectivity index (χ0n) is 11.5. The molecule has 1 amide bonds. The molecular formula is C15H19N3O. The Morgan fingerprint density at radius 1 is 1.42 bits per heavy atom. The maximum atomic E-state index is 11.9. The van der Waals surface area contributed by atoms with Crippen LogP contribution in [0.3, 0.4) is 0 Å². The first-order chi connectivity index (χ1) is 9.26. The lowest BCUT2D eigenvalue weighted by Gasteiger charge is -2.28. The first-order valence-corrected chi connectivity index (χ1v) is 6.99. The van der Waals surface area contributed by atoms with E-state index >= 15 is 0 Å². The highest BCUT2D eigenvalue weighted by Gasteiger charge is 2.25. The first kappa shape index (κ1) is 12.2. The number of rotatable bonds is 2. The van der Waals surface area contributed by atoms with E-state index in [-0.39, 0.29) is 5.91 Å². The smallest absolute Gasteiger partial charge is 0.222 e. The zero-order chi connectivity index (χ0) is 13.4. The number of carbonyl (C=O) groups is 1. The summed E-state index contributed by atoms with van der Waals surface area (Å²) in [5, 5.41) is 1.25. The molecule has 19 heavy (non-hydrogen) atoms. The van der Waals surface area contributed by atoms with Crippen LogP contribution in [0.15, 0.2) is 18.3 Å². The summed E-state index contributed by atoms with van der Waals surface area (Å²) < 4.78 is 2.25. The summed E-state index contributed by atoms with van der Waals surface area (Å²) in [4.78, 5) is 18.4. The third-order valence-corrected chi connectivity index (χ3v) is 3.99. The summed E-state index contributed by atoms with van der Waals surface area (Å²) in [6.45, 7) is 6.52. The molecule has 0 unspecified atom stereocenters. The number of pyridine rings is 1. The van der Waals surface area contributed by atoms with Gasteiger partial charge in [-0.25, -0.2) is 4.98 Å². The van der Waals surface area contributed by atoms with Gasteiger partial charge in [-0.3, -0.25) is 4.79 Å². The van der Waals surface area contributed by atoms with Crippen molar-refractivity contribution in [3.63, 3.8) is 0 Å². The van der Waals surface area contributed by atoms with Crippen LogP contribution in [-0.2, 0) is 24.3 Å². The van der Waals surface area contributed by atoms with Gasteiger partial charge in [0.25, 0.3) is 0 Å². The van der Waals surface area contributed by atoms with Crippen molar-refractivity contribution in [2.75, 3.05) is 6.54 Å². The number of fused-ring (bicyclic) bond motifs is 3. The van der Waals surface area contributed by atoms with E-state index in [0.29, 0.717) is 6.42 Å². The van der Waals surface area contributed by atoms with Crippen LogP contribution in [0.1, 0.15) is 31.5 Å². The van der Waals surface area contributed by atoms with Gasteiger partial charge in [0.05, 0.1) is 6.54 Å². The highest BCUT2D eigenvalue weighted by Crippen LogP contribution is 2.29. The molecule has 1 aliphatic rings. The fourth-order valence-corrected chi connectivity index (χ4v) is 3.04. The van der Waals surface area contributed by atoms with E-state index in [1.165, 1.54) is 16.6 Å². The van der Waals surface area contributed by atoms with Gasteiger partial charge in [0.2, 0.25) is 5.91 Å². The van der Waals surface area contributed by atoms with Gasteiger partial charge in [-0.05, 0) is 31.0 Å². The molecular weight excluding hydrogens is 238 g/mol. The van der Waals surface area contributed by atoms with Crippen molar-refractivity contribution in [1.82, 2.24) is 14.5 Å². The van der Waals surface area contributed by atoms with Crippen LogP contribution in [0.2, 0.25) is 0 Å². The summed E-state index contributed by atoms with van der Waals surface area (Å²) in [5.74, 6) is 0.242. The minimum absolute atomic E-state index is 0.242. The van der Waals surface area contributed by atoms with Gasteiger partial charge in [-0.15, -0.1) is 0 Å². The third-order valence-electron chi connectivity index (χ3n) is 3.99. The molecule has 0 aromatic carbocycles. The summed E-state index contributed by atoms with van der Waals surface area (Å²) in [6, 6.07) is 4.14. The lowest BCUT2D eigenvalue weighted by molar-refractivity contribution is -0.131. The summed E-state index contributed by atoms with van der Waals surface area (Å²) >= 11 is 0. The second-order valence-electron chi connectivity index (χ2n) is 4.96. The molecule has 0 radical (unpaired) electrons. The van der Waals surface area contributed by atoms with E-state index in [2.05, 4.69) is 22.5 Å². The number of hydrogen-bond acceptors (Lipinski definition) is 2. The van der Waals surface area contributed by atoms with Gasteiger partial charge in [-0.1, -0.05) is 6.92 Å². The van der Waals surface area contributed by atoms with Crippen LogP contribution in [0.5, 0.6) is 0 Å². The molecule has 0 bridgehead atoms. The normalized spacial score (nSPS) is 14.7. The van der Waals surface area contributed by atoms with Gasteiger partial charge in [0.1, 0.15) is 5.65 Å². The van der Waals surface area contributed by atoms with Crippen molar-refractivity contribution in [2.45, 2.75) is 39.8 Å². The Balaban J connectivity index is 2.11. The number of aryl methyl sites for hydroxylation is 1. The topological polar surface area (TPSA) is 38.1 Å². The lowest BCUT2D eigenvalue weighted by atomic mass is 10.0. The van der Waals surface area contributed by atoms with E-state index in [1.807, 2.05) is 24.1 Å².